The molecule has 19 heavy (non-hydrogen) atoms. The van der Waals surface area contributed by atoms with Gasteiger partial charge in [0.05, 0.1) is 6.61 Å². The fraction of sp³-hybridized carbons (Fsp3) is 0.600. The molecule has 3 rings (SSSR count). The Balaban J connectivity index is 1.75. The van der Waals surface area contributed by atoms with Crippen molar-refractivity contribution in [3.8, 4) is 5.75 Å². The van der Waals surface area contributed by atoms with Crippen LogP contribution >= 0.6 is 15.9 Å². The molecule has 0 amide bonds. The largest absolute Gasteiger partial charge is 0.493 e. The molecule has 2 heterocycles. The van der Waals surface area contributed by atoms with Gasteiger partial charge in [-0.05, 0) is 42.6 Å². The van der Waals surface area contributed by atoms with Gasteiger partial charge in [-0.1, -0.05) is 22.4 Å². The highest BCUT2D eigenvalue weighted by molar-refractivity contribution is 9.10. The molecule has 0 spiro atoms. The van der Waals surface area contributed by atoms with Gasteiger partial charge in [-0.15, -0.1) is 0 Å². The first-order chi connectivity index (χ1) is 9.24. The average molecular weight is 328 g/mol. The molecule has 1 aromatic rings. The van der Waals surface area contributed by atoms with Gasteiger partial charge in [-0.3, -0.25) is 0 Å². The van der Waals surface area contributed by atoms with Crippen molar-refractivity contribution in [2.75, 3.05) is 13.2 Å². The fourth-order valence-corrected chi connectivity index (χ4v) is 3.59. The zero-order valence-corrected chi connectivity index (χ0v) is 12.5. The number of fused-ring (bicyclic) bond motifs is 1. The zero-order chi connectivity index (χ0) is 13.2. The highest BCUT2D eigenvalue weighted by Gasteiger charge is 2.26. The maximum absolute atomic E-state index is 14.4. The van der Waals surface area contributed by atoms with Crippen LogP contribution in [0.5, 0.6) is 5.75 Å². The summed E-state index contributed by atoms with van der Waals surface area (Å²) in [5.41, 5.74) is 2.20. The molecule has 0 bridgehead atoms. The van der Waals surface area contributed by atoms with E-state index in [4.69, 9.17) is 4.74 Å². The van der Waals surface area contributed by atoms with Crippen molar-refractivity contribution in [2.45, 2.75) is 44.3 Å². The predicted molar refractivity (Wildman–Crippen MR) is 77.6 cm³/mol. The minimum absolute atomic E-state index is 0.00443. The Bertz CT molecular complexity index is 460. The van der Waals surface area contributed by atoms with E-state index in [1.54, 1.807) is 0 Å². The van der Waals surface area contributed by atoms with Crippen LogP contribution in [0, 0.1) is 0 Å². The summed E-state index contributed by atoms with van der Waals surface area (Å²) in [6.07, 6.45) is 3.78. The van der Waals surface area contributed by atoms with E-state index in [9.17, 15) is 4.39 Å². The first-order valence-corrected chi connectivity index (χ1v) is 7.85. The Hall–Kier alpha value is -0.610. The lowest BCUT2D eigenvalue weighted by Gasteiger charge is -2.27. The van der Waals surface area contributed by atoms with E-state index in [2.05, 4.69) is 27.3 Å². The van der Waals surface area contributed by atoms with Crippen molar-refractivity contribution in [1.29, 1.82) is 0 Å². The van der Waals surface area contributed by atoms with Crippen LogP contribution in [0.25, 0.3) is 0 Å². The van der Waals surface area contributed by atoms with E-state index < -0.39 is 6.17 Å². The Morgan fingerprint density at radius 3 is 3.11 bits per heavy atom. The minimum Gasteiger partial charge on any atom is -0.493 e. The van der Waals surface area contributed by atoms with Gasteiger partial charge < -0.3 is 10.1 Å². The van der Waals surface area contributed by atoms with Crippen molar-refractivity contribution >= 4 is 15.9 Å². The lowest BCUT2D eigenvalue weighted by molar-refractivity contribution is 0.215. The van der Waals surface area contributed by atoms with E-state index in [1.807, 2.05) is 6.07 Å². The third-order valence-electron chi connectivity index (χ3n) is 4.03. The van der Waals surface area contributed by atoms with E-state index >= 15 is 0 Å². The molecule has 1 fully saturated rings. The summed E-state index contributed by atoms with van der Waals surface area (Å²) in [7, 11) is 0. The van der Waals surface area contributed by atoms with E-state index in [0.717, 1.165) is 48.2 Å². The number of piperidine rings is 1. The van der Waals surface area contributed by atoms with Gasteiger partial charge in [-0.25, -0.2) is 4.39 Å². The van der Waals surface area contributed by atoms with Crippen molar-refractivity contribution < 1.29 is 9.13 Å². The Labute approximate surface area is 121 Å². The van der Waals surface area contributed by atoms with Gasteiger partial charge >= 0.3 is 0 Å². The number of hydrogen-bond acceptors (Lipinski definition) is 2. The third kappa shape index (κ3) is 2.95. The molecule has 0 saturated carbocycles. The van der Waals surface area contributed by atoms with Crippen LogP contribution in [-0.2, 0) is 12.8 Å². The summed E-state index contributed by atoms with van der Waals surface area (Å²) < 4.78 is 21.1. The maximum atomic E-state index is 14.4. The van der Waals surface area contributed by atoms with Crippen LogP contribution < -0.4 is 10.1 Å². The zero-order valence-electron chi connectivity index (χ0n) is 10.9. The number of hydrogen-bond donors (Lipinski definition) is 1. The summed E-state index contributed by atoms with van der Waals surface area (Å²) >= 11 is 3.51. The predicted octanol–water partition coefficient (Wildman–Crippen LogP) is 3.41. The minimum atomic E-state index is -0.831. The molecule has 2 atom stereocenters. The molecular weight excluding hydrogens is 309 g/mol. The van der Waals surface area contributed by atoms with Gasteiger partial charge in [0.2, 0.25) is 0 Å². The van der Waals surface area contributed by atoms with Crippen molar-refractivity contribution in [1.82, 2.24) is 5.32 Å². The first-order valence-electron chi connectivity index (χ1n) is 7.05. The number of rotatable bonds is 3. The Kier molecular flexibility index (Phi) is 4.08. The number of benzene rings is 1. The maximum Gasteiger partial charge on any atom is 0.125 e. The van der Waals surface area contributed by atoms with Gasteiger partial charge in [0.15, 0.2) is 0 Å². The molecule has 0 aromatic heterocycles. The van der Waals surface area contributed by atoms with E-state index in [1.165, 1.54) is 12.0 Å². The molecule has 104 valence electrons. The van der Waals surface area contributed by atoms with E-state index in [-0.39, 0.29) is 6.04 Å². The lowest BCUT2D eigenvalue weighted by atomic mass is 9.95. The highest BCUT2D eigenvalue weighted by atomic mass is 79.9. The van der Waals surface area contributed by atoms with Gasteiger partial charge in [0.1, 0.15) is 11.9 Å². The van der Waals surface area contributed by atoms with Crippen LogP contribution in [0.4, 0.5) is 4.39 Å². The monoisotopic (exact) mass is 327 g/mol. The molecule has 1 saturated heterocycles. The standard InChI is InChI=1S/C15H19BrFNO/c16-12-7-10-4-6-19-15(10)11(8-12)9-13(17)14-3-1-2-5-18-14/h7-8,13-14,18H,1-6,9H2. The lowest BCUT2D eigenvalue weighted by Crippen LogP contribution is -2.42. The molecule has 0 aliphatic carbocycles. The summed E-state index contributed by atoms with van der Waals surface area (Å²) in [6, 6.07) is 4.09. The molecule has 2 aliphatic rings. The summed E-state index contributed by atoms with van der Waals surface area (Å²) in [6.45, 7) is 1.66. The fourth-order valence-electron chi connectivity index (χ4n) is 3.04. The summed E-state index contributed by atoms with van der Waals surface area (Å²) in [5, 5.41) is 3.29. The summed E-state index contributed by atoms with van der Waals surface area (Å²) in [5.74, 6) is 0.918. The van der Waals surface area contributed by atoms with Gasteiger partial charge in [0.25, 0.3) is 0 Å². The molecule has 1 aromatic carbocycles. The molecule has 2 aliphatic heterocycles. The SMILES string of the molecule is FC(Cc1cc(Br)cc2c1OCC2)C1CCCCN1. The smallest absolute Gasteiger partial charge is 0.125 e. The van der Waals surface area contributed by atoms with Crippen LogP contribution in [-0.4, -0.2) is 25.4 Å². The average Bonchev–Trinajstić information content (AvgIpc) is 2.88. The molecule has 2 unspecified atom stereocenters. The molecule has 1 N–H and O–H groups in total. The normalized spacial score (nSPS) is 23.8. The third-order valence-corrected chi connectivity index (χ3v) is 4.48. The number of nitrogens with one attached hydrogen (secondary N) is 1. The number of alkyl halides is 1. The number of ether oxygens (including phenoxy) is 1. The van der Waals surface area contributed by atoms with Gasteiger partial charge in [-0.2, -0.15) is 0 Å². The topological polar surface area (TPSA) is 21.3 Å². The van der Waals surface area contributed by atoms with Crippen LogP contribution in [0.1, 0.15) is 30.4 Å². The Morgan fingerprint density at radius 2 is 2.32 bits per heavy atom. The second-order valence-corrected chi connectivity index (χ2v) is 6.34. The second-order valence-electron chi connectivity index (χ2n) is 5.43. The summed E-state index contributed by atoms with van der Waals surface area (Å²) in [4.78, 5) is 0. The van der Waals surface area contributed by atoms with Gasteiger partial charge in [0, 0.05) is 23.4 Å². The van der Waals surface area contributed by atoms with E-state index in [0.29, 0.717) is 6.42 Å². The highest BCUT2D eigenvalue weighted by Crippen LogP contribution is 2.34. The van der Waals surface area contributed by atoms with Crippen LogP contribution in [0.3, 0.4) is 0 Å². The van der Waals surface area contributed by atoms with Crippen molar-refractivity contribution in [2.24, 2.45) is 0 Å². The molecular formula is C15H19BrFNO. The first kappa shape index (κ1) is 13.4. The molecule has 4 heteroatoms. The molecule has 0 radical (unpaired) electrons. The van der Waals surface area contributed by atoms with Crippen LogP contribution in [0.15, 0.2) is 16.6 Å². The second kappa shape index (κ2) is 5.80. The van der Waals surface area contributed by atoms with Crippen molar-refractivity contribution in [3.05, 3.63) is 27.7 Å². The molecule has 2 nitrogen and oxygen atoms in total. The Morgan fingerprint density at radius 1 is 1.42 bits per heavy atom. The van der Waals surface area contributed by atoms with Crippen molar-refractivity contribution in [3.63, 3.8) is 0 Å². The van der Waals surface area contributed by atoms with Crippen LogP contribution in [0.2, 0.25) is 0 Å². The quantitative estimate of drug-likeness (QED) is 0.918. The number of halogens is 2.